The molecule has 5 rings (SSSR count). The minimum Gasteiger partial charge on any atom is -0.456 e. The molecule has 1 spiro atoms. The molecule has 11 heteroatoms. The van der Waals surface area contributed by atoms with Crippen LogP contribution in [0, 0.1) is 5.41 Å². The molecule has 3 aromatic rings. The minimum absolute atomic E-state index is 0.114. The molecule has 1 N–H and O–H groups in total. The van der Waals surface area contributed by atoms with Gasteiger partial charge in [0.15, 0.2) is 0 Å². The molecule has 1 unspecified atom stereocenters. The Bertz CT molecular complexity index is 1260. The largest absolute Gasteiger partial charge is 0.456 e. The van der Waals surface area contributed by atoms with E-state index in [2.05, 4.69) is 20.4 Å². The van der Waals surface area contributed by atoms with Crippen LogP contribution in [0.3, 0.4) is 0 Å². The van der Waals surface area contributed by atoms with E-state index in [1.165, 1.54) is 6.20 Å². The van der Waals surface area contributed by atoms with Crippen molar-refractivity contribution in [2.24, 2.45) is 12.5 Å². The van der Waals surface area contributed by atoms with Gasteiger partial charge in [0.25, 0.3) is 0 Å². The number of pyridine rings is 2. The Morgan fingerprint density at radius 1 is 1.11 bits per heavy atom. The smallest absolute Gasteiger partial charge is 0.329 e. The monoisotopic (exact) mass is 482 g/mol. The van der Waals surface area contributed by atoms with Gasteiger partial charge in [0.2, 0.25) is 11.8 Å². The number of alkyl halides is 2. The summed E-state index contributed by atoms with van der Waals surface area (Å²) in [5.74, 6) is -2.19. The number of imide groups is 1. The summed E-state index contributed by atoms with van der Waals surface area (Å²) in [5, 5.41) is 6.71. The van der Waals surface area contributed by atoms with Crippen molar-refractivity contribution < 1.29 is 23.1 Å². The fraction of sp³-hybridized carbons (Fsp3) is 0.375. The molecule has 3 aromatic heterocycles. The second-order valence-corrected chi connectivity index (χ2v) is 9.06. The second-order valence-electron chi connectivity index (χ2n) is 9.06. The number of carbonyl (C=O) groups is 2. The SMILES string of the molecule is Cn1cc(-c2cc(Oc3ccc(NC(=O)N4CCC5(CCCC(F)(F)C5)C4=O)nc3)ccn2)cn1. The minimum atomic E-state index is -2.87. The average molecular weight is 482 g/mol. The van der Waals surface area contributed by atoms with Crippen molar-refractivity contribution in [2.75, 3.05) is 11.9 Å². The zero-order valence-electron chi connectivity index (χ0n) is 19.1. The molecule has 4 heterocycles. The molecule has 1 saturated carbocycles. The molecule has 2 fully saturated rings. The third-order valence-electron chi connectivity index (χ3n) is 6.49. The van der Waals surface area contributed by atoms with Gasteiger partial charge in [-0.15, -0.1) is 0 Å². The Balaban J connectivity index is 1.22. The Morgan fingerprint density at radius 3 is 2.69 bits per heavy atom. The van der Waals surface area contributed by atoms with Crippen molar-refractivity contribution in [3.8, 4) is 22.8 Å². The molecule has 0 bridgehead atoms. The van der Waals surface area contributed by atoms with Crippen molar-refractivity contribution in [2.45, 2.75) is 38.0 Å². The van der Waals surface area contributed by atoms with E-state index in [4.69, 9.17) is 4.74 Å². The number of hydrogen-bond donors (Lipinski definition) is 1. The highest BCUT2D eigenvalue weighted by Crippen LogP contribution is 2.50. The maximum Gasteiger partial charge on any atom is 0.329 e. The van der Waals surface area contributed by atoms with Gasteiger partial charge in [-0.2, -0.15) is 5.10 Å². The van der Waals surface area contributed by atoms with Gasteiger partial charge in [0.05, 0.1) is 23.5 Å². The number of nitrogens with one attached hydrogen (secondary N) is 1. The van der Waals surface area contributed by atoms with Crippen LogP contribution in [0.1, 0.15) is 32.1 Å². The van der Waals surface area contributed by atoms with Gasteiger partial charge >= 0.3 is 6.03 Å². The summed E-state index contributed by atoms with van der Waals surface area (Å²) >= 11 is 0. The number of nitrogens with zero attached hydrogens (tertiary/aromatic N) is 5. The maximum atomic E-state index is 14.0. The van der Waals surface area contributed by atoms with E-state index in [1.54, 1.807) is 41.3 Å². The molecule has 182 valence electrons. The Labute approximate surface area is 200 Å². The lowest BCUT2D eigenvalue weighted by molar-refractivity contribution is -0.144. The maximum absolute atomic E-state index is 14.0. The molecule has 0 radical (unpaired) electrons. The predicted molar refractivity (Wildman–Crippen MR) is 122 cm³/mol. The van der Waals surface area contributed by atoms with Crippen molar-refractivity contribution in [3.05, 3.63) is 49.1 Å². The first-order valence-electron chi connectivity index (χ1n) is 11.3. The molecule has 3 amide bonds. The molecule has 35 heavy (non-hydrogen) atoms. The van der Waals surface area contributed by atoms with E-state index >= 15 is 0 Å². The van der Waals surface area contributed by atoms with Crippen molar-refractivity contribution in [1.29, 1.82) is 0 Å². The Morgan fingerprint density at radius 2 is 1.97 bits per heavy atom. The standard InChI is InChI=1S/C24H24F2N6O3/c1-31-14-16(12-29-31)19-11-17(5-9-27-19)35-18-3-4-20(28-13-18)30-22(34)32-10-8-23(21(32)33)6-2-7-24(25,26)15-23/h3-5,9,11-14H,2,6-8,10,15H2,1H3,(H,28,30,34). The van der Waals surface area contributed by atoms with Crippen molar-refractivity contribution in [3.63, 3.8) is 0 Å². The summed E-state index contributed by atoms with van der Waals surface area (Å²) in [6, 6.07) is 5.98. The normalized spacial score (nSPS) is 21.3. The fourth-order valence-corrected chi connectivity index (χ4v) is 4.78. The summed E-state index contributed by atoms with van der Waals surface area (Å²) < 4.78 is 35.4. The molecule has 1 saturated heterocycles. The van der Waals surface area contributed by atoms with Crippen LogP contribution in [-0.2, 0) is 11.8 Å². The number of rotatable bonds is 4. The molecule has 1 aliphatic heterocycles. The molecule has 0 aromatic carbocycles. The molecular weight excluding hydrogens is 458 g/mol. The number of aryl methyl sites for hydroxylation is 1. The Kier molecular flexibility index (Phi) is 5.70. The molecule has 2 aliphatic rings. The van der Waals surface area contributed by atoms with E-state index in [1.807, 2.05) is 13.2 Å². The number of carbonyl (C=O) groups excluding carboxylic acids is 2. The predicted octanol–water partition coefficient (Wildman–Crippen LogP) is 4.63. The van der Waals surface area contributed by atoms with E-state index < -0.39 is 29.7 Å². The van der Waals surface area contributed by atoms with Gasteiger partial charge in [-0.05, 0) is 37.5 Å². The van der Waals surface area contributed by atoms with Gasteiger partial charge < -0.3 is 4.74 Å². The number of likely N-dealkylation sites (tertiary alicyclic amines) is 1. The zero-order chi connectivity index (χ0) is 24.6. The van der Waals surface area contributed by atoms with E-state index in [0.29, 0.717) is 23.6 Å². The summed E-state index contributed by atoms with van der Waals surface area (Å²) in [6.07, 6.45) is 6.82. The highest BCUT2D eigenvalue weighted by Gasteiger charge is 2.55. The molecule has 1 atom stereocenters. The molecular formula is C24H24F2N6O3. The number of ether oxygens (including phenoxy) is 1. The Hall–Kier alpha value is -3.89. The summed E-state index contributed by atoms with van der Waals surface area (Å²) in [6.45, 7) is 0.114. The first-order chi connectivity index (χ1) is 16.7. The summed E-state index contributed by atoms with van der Waals surface area (Å²) in [7, 11) is 1.82. The van der Waals surface area contributed by atoms with Gasteiger partial charge in [-0.25, -0.2) is 18.6 Å². The van der Waals surface area contributed by atoms with Crippen LogP contribution in [0.5, 0.6) is 11.5 Å². The van der Waals surface area contributed by atoms with E-state index in [9.17, 15) is 18.4 Å². The van der Waals surface area contributed by atoms with E-state index in [-0.39, 0.29) is 31.6 Å². The third-order valence-corrected chi connectivity index (χ3v) is 6.49. The second kappa shape index (κ2) is 8.71. The molecule has 9 nitrogen and oxygen atoms in total. The lowest BCUT2D eigenvalue weighted by Gasteiger charge is -2.36. The average Bonchev–Trinajstić information content (AvgIpc) is 3.38. The first-order valence-corrected chi connectivity index (χ1v) is 11.3. The van der Waals surface area contributed by atoms with Crippen molar-refractivity contribution >= 4 is 17.8 Å². The van der Waals surface area contributed by atoms with Crippen LogP contribution in [0.15, 0.2) is 49.1 Å². The summed E-state index contributed by atoms with van der Waals surface area (Å²) in [4.78, 5) is 35.1. The zero-order valence-corrected chi connectivity index (χ0v) is 19.1. The van der Waals surface area contributed by atoms with Crippen LogP contribution >= 0.6 is 0 Å². The lowest BCUT2D eigenvalue weighted by atomic mass is 9.71. The number of anilines is 1. The number of halogens is 2. The van der Waals surface area contributed by atoms with Crippen LogP contribution in [0.4, 0.5) is 19.4 Å². The van der Waals surface area contributed by atoms with Gasteiger partial charge in [0.1, 0.15) is 17.3 Å². The van der Waals surface area contributed by atoms with Crippen molar-refractivity contribution in [1.82, 2.24) is 24.6 Å². The molecule has 1 aliphatic carbocycles. The highest BCUT2D eigenvalue weighted by molar-refractivity contribution is 6.04. The van der Waals surface area contributed by atoms with Crippen LogP contribution < -0.4 is 10.1 Å². The third kappa shape index (κ3) is 4.71. The van der Waals surface area contributed by atoms with Crippen LogP contribution in [0.2, 0.25) is 0 Å². The van der Waals surface area contributed by atoms with Gasteiger partial charge in [-0.3, -0.25) is 24.7 Å². The van der Waals surface area contributed by atoms with Crippen LogP contribution in [-0.4, -0.2) is 49.1 Å². The topological polar surface area (TPSA) is 102 Å². The van der Waals surface area contributed by atoms with Crippen LogP contribution in [0.25, 0.3) is 11.3 Å². The number of hydrogen-bond acceptors (Lipinski definition) is 6. The first kappa shape index (κ1) is 22.9. The quantitative estimate of drug-likeness (QED) is 0.582. The number of aromatic nitrogens is 4. The summed E-state index contributed by atoms with van der Waals surface area (Å²) in [5.41, 5.74) is 0.407. The fourth-order valence-electron chi connectivity index (χ4n) is 4.78. The highest BCUT2D eigenvalue weighted by atomic mass is 19.3. The lowest BCUT2D eigenvalue weighted by Crippen LogP contribution is -2.44. The van der Waals surface area contributed by atoms with Gasteiger partial charge in [0, 0.05) is 50.5 Å². The number of urea groups is 1. The van der Waals surface area contributed by atoms with E-state index in [0.717, 1.165) is 10.5 Å². The van der Waals surface area contributed by atoms with Gasteiger partial charge in [-0.1, -0.05) is 0 Å². The number of amides is 3.